The van der Waals surface area contributed by atoms with Gasteiger partial charge in [0, 0.05) is 73.1 Å². The van der Waals surface area contributed by atoms with Crippen molar-refractivity contribution in [2.45, 2.75) is 43.4 Å². The molecular weight excluding hydrogens is 820 g/mol. The number of alkyl halides is 2. The van der Waals surface area contributed by atoms with E-state index >= 15 is 0 Å². The molecule has 2 atom stereocenters. The van der Waals surface area contributed by atoms with E-state index in [4.69, 9.17) is 0 Å². The fourth-order valence-electron chi connectivity index (χ4n) is 7.16. The standard InChI is InChI=1S/C42H40F2N5O7PS2/c1-47(2)37(50)17-20-48(32-14-11-28(12-15-32)39-45-18-21-58-39)41(53)34-8-5-19-49(34)40(52)33(23-26-9-10-27-6-3-4-7-29(27)22-26)46-38(51)36-25-30-24-31(13-16-35(30)59-36)42(43,44)57(54,55)56/h3-4,6-7,9-16,18,21-22,24-25,33-34H,5,8,17,19-20,23H2,1-2H3,(H,46,51)(H2,54,55,56). The average Bonchev–Trinajstić information content (AvgIpc) is 4.02. The van der Waals surface area contributed by atoms with Crippen LogP contribution in [-0.2, 0) is 31.0 Å². The number of likely N-dealkylation sites (tertiary alicyclic amines) is 1. The summed E-state index contributed by atoms with van der Waals surface area (Å²) in [5, 5.41) is 7.61. The van der Waals surface area contributed by atoms with Gasteiger partial charge in [-0.3, -0.25) is 23.7 Å². The van der Waals surface area contributed by atoms with Crippen molar-refractivity contribution in [3.63, 3.8) is 0 Å². The Labute approximate surface area is 346 Å². The van der Waals surface area contributed by atoms with Gasteiger partial charge in [0.15, 0.2) is 0 Å². The molecular formula is C42H40F2N5O7PS2. The molecule has 1 aliphatic heterocycles. The number of halogens is 2. The molecule has 2 unspecified atom stereocenters. The molecule has 1 aliphatic rings. The van der Waals surface area contributed by atoms with E-state index in [-0.39, 0.29) is 48.0 Å². The second kappa shape index (κ2) is 17.1. The van der Waals surface area contributed by atoms with Crippen molar-refractivity contribution in [2.24, 2.45) is 0 Å². The molecule has 0 radical (unpaired) electrons. The number of thiazole rings is 1. The average molecular weight is 860 g/mol. The summed E-state index contributed by atoms with van der Waals surface area (Å²) in [5.41, 5.74) is -3.17. The number of nitrogens with zero attached hydrogens (tertiary/aromatic N) is 4. The van der Waals surface area contributed by atoms with Crippen LogP contribution < -0.4 is 10.2 Å². The maximum Gasteiger partial charge on any atom is 0.399 e. The van der Waals surface area contributed by atoms with E-state index in [1.807, 2.05) is 60.0 Å². The number of rotatable bonds is 13. The number of nitrogens with one attached hydrogen (secondary N) is 1. The summed E-state index contributed by atoms with van der Waals surface area (Å²) in [6.45, 7) is 0.308. The monoisotopic (exact) mass is 859 g/mol. The molecule has 4 aromatic carbocycles. The molecule has 306 valence electrons. The summed E-state index contributed by atoms with van der Waals surface area (Å²) in [4.78, 5) is 83.4. The molecule has 3 N–H and O–H groups in total. The van der Waals surface area contributed by atoms with Crippen molar-refractivity contribution in [1.29, 1.82) is 0 Å². The Balaban J connectivity index is 1.18. The summed E-state index contributed by atoms with van der Waals surface area (Å²) >= 11 is 2.45. The van der Waals surface area contributed by atoms with Crippen molar-refractivity contribution in [2.75, 3.05) is 32.1 Å². The number of carbonyl (C=O) groups excluding carboxylic acids is 4. The Morgan fingerprint density at radius 3 is 2.41 bits per heavy atom. The first-order valence-electron chi connectivity index (χ1n) is 18.7. The third-order valence-electron chi connectivity index (χ3n) is 10.3. The molecule has 7 rings (SSSR count). The summed E-state index contributed by atoms with van der Waals surface area (Å²) in [6, 6.07) is 23.1. The maximum absolute atomic E-state index is 14.7. The molecule has 6 aromatic rings. The van der Waals surface area contributed by atoms with Crippen molar-refractivity contribution in [3.05, 3.63) is 119 Å². The smallest absolute Gasteiger partial charge is 0.349 e. The predicted octanol–water partition coefficient (Wildman–Crippen LogP) is 7.25. The Kier molecular flexibility index (Phi) is 12.1. The second-order valence-corrected chi connectivity index (χ2v) is 18.1. The molecule has 0 spiro atoms. The first-order valence-corrected chi connectivity index (χ1v) is 22.0. The van der Waals surface area contributed by atoms with Crippen LogP contribution in [0.1, 0.15) is 40.1 Å². The lowest BCUT2D eigenvalue weighted by atomic mass is 10.00. The van der Waals surface area contributed by atoms with Crippen LogP contribution in [0.15, 0.2) is 103 Å². The minimum atomic E-state index is -5.83. The molecule has 59 heavy (non-hydrogen) atoms. The number of benzene rings is 4. The molecule has 1 saturated heterocycles. The summed E-state index contributed by atoms with van der Waals surface area (Å²) < 4.78 is 41.1. The molecule has 3 heterocycles. The van der Waals surface area contributed by atoms with Crippen molar-refractivity contribution in [3.8, 4) is 10.6 Å². The van der Waals surface area contributed by atoms with E-state index in [9.17, 15) is 42.3 Å². The molecule has 0 bridgehead atoms. The zero-order valence-corrected chi connectivity index (χ0v) is 34.5. The van der Waals surface area contributed by atoms with E-state index in [2.05, 4.69) is 10.3 Å². The first-order chi connectivity index (χ1) is 28.1. The highest BCUT2D eigenvalue weighted by Crippen LogP contribution is 2.59. The molecule has 0 saturated carbocycles. The number of thiophene rings is 1. The SMILES string of the molecule is CN(C)C(=O)CCN(C(=O)C1CCCN1C(=O)C(Cc1ccc2ccccc2c1)NC(=O)c1cc2cc(C(F)(F)P(=O)(O)O)ccc2s1)c1ccc(-c2nccs2)cc1. The second-order valence-electron chi connectivity index (χ2n) is 14.5. The highest BCUT2D eigenvalue weighted by atomic mass is 32.1. The fourth-order valence-corrected chi connectivity index (χ4v) is 9.22. The van der Waals surface area contributed by atoms with Gasteiger partial charge in [0.2, 0.25) is 17.7 Å². The first kappa shape index (κ1) is 41.8. The lowest BCUT2D eigenvalue weighted by molar-refractivity contribution is -0.139. The Morgan fingerprint density at radius 1 is 0.966 bits per heavy atom. The Bertz CT molecular complexity index is 2580. The van der Waals surface area contributed by atoms with Crippen LogP contribution >= 0.6 is 30.3 Å². The molecule has 2 aromatic heterocycles. The number of hydrogen-bond donors (Lipinski definition) is 3. The Hall–Kier alpha value is -5.38. The highest BCUT2D eigenvalue weighted by Gasteiger charge is 2.50. The van der Waals surface area contributed by atoms with Gasteiger partial charge in [-0.15, -0.1) is 22.7 Å². The quantitative estimate of drug-likeness (QED) is 0.103. The van der Waals surface area contributed by atoms with Crippen LogP contribution in [0.2, 0.25) is 0 Å². The van der Waals surface area contributed by atoms with Crippen LogP contribution in [0.25, 0.3) is 31.4 Å². The molecule has 0 aliphatic carbocycles. The van der Waals surface area contributed by atoms with Crippen LogP contribution in [0.5, 0.6) is 0 Å². The molecule has 4 amide bonds. The largest absolute Gasteiger partial charge is 0.399 e. The van der Waals surface area contributed by atoms with E-state index in [0.29, 0.717) is 23.2 Å². The Morgan fingerprint density at radius 2 is 1.71 bits per heavy atom. The number of hydrogen-bond acceptors (Lipinski definition) is 8. The lowest BCUT2D eigenvalue weighted by Gasteiger charge is -2.33. The van der Waals surface area contributed by atoms with Gasteiger partial charge in [-0.25, -0.2) is 4.98 Å². The summed E-state index contributed by atoms with van der Waals surface area (Å²) in [5.74, 6) is -1.70. The van der Waals surface area contributed by atoms with E-state index in [1.165, 1.54) is 38.2 Å². The van der Waals surface area contributed by atoms with Gasteiger partial charge in [-0.2, -0.15) is 8.78 Å². The minimum absolute atomic E-state index is 0.0435. The zero-order chi connectivity index (χ0) is 42.1. The van der Waals surface area contributed by atoms with Gasteiger partial charge in [0.1, 0.15) is 17.1 Å². The molecule has 17 heteroatoms. The van der Waals surface area contributed by atoms with Gasteiger partial charge in [0.05, 0.1) is 4.88 Å². The fraction of sp³-hybridized carbons (Fsp3) is 0.262. The highest BCUT2D eigenvalue weighted by molar-refractivity contribution is 7.52. The summed E-state index contributed by atoms with van der Waals surface area (Å²) in [7, 11) is -2.55. The predicted molar refractivity (Wildman–Crippen MR) is 225 cm³/mol. The minimum Gasteiger partial charge on any atom is -0.349 e. The number of anilines is 1. The molecule has 12 nitrogen and oxygen atoms in total. The number of amides is 4. The van der Waals surface area contributed by atoms with Crippen LogP contribution in [-0.4, -0.2) is 87.5 Å². The zero-order valence-electron chi connectivity index (χ0n) is 32.0. The summed E-state index contributed by atoms with van der Waals surface area (Å²) in [6.07, 6.45) is 2.69. The topological polar surface area (TPSA) is 160 Å². The van der Waals surface area contributed by atoms with Gasteiger partial charge in [0.25, 0.3) is 5.91 Å². The van der Waals surface area contributed by atoms with Gasteiger partial charge in [-0.05, 0) is 77.0 Å². The molecule has 1 fully saturated rings. The number of fused-ring (bicyclic) bond motifs is 2. The number of aromatic nitrogens is 1. The van der Waals surface area contributed by atoms with Crippen molar-refractivity contribution < 1.29 is 42.3 Å². The van der Waals surface area contributed by atoms with Gasteiger partial charge in [-0.1, -0.05) is 48.5 Å². The van der Waals surface area contributed by atoms with E-state index in [0.717, 1.165) is 50.4 Å². The van der Waals surface area contributed by atoms with Crippen LogP contribution in [0.4, 0.5) is 14.5 Å². The lowest BCUT2D eigenvalue weighted by Crippen LogP contribution is -2.55. The normalized spacial score (nSPS) is 15.0. The van der Waals surface area contributed by atoms with Crippen LogP contribution in [0.3, 0.4) is 0 Å². The third-order valence-corrected chi connectivity index (χ3v) is 13.2. The van der Waals surface area contributed by atoms with Crippen molar-refractivity contribution >= 4 is 80.4 Å². The van der Waals surface area contributed by atoms with Crippen molar-refractivity contribution in [1.82, 2.24) is 20.1 Å². The number of carbonyl (C=O) groups is 4. The third kappa shape index (κ3) is 8.97. The maximum atomic E-state index is 14.7. The van der Waals surface area contributed by atoms with E-state index < -0.39 is 42.7 Å². The van der Waals surface area contributed by atoms with Gasteiger partial charge < -0.3 is 29.8 Å². The van der Waals surface area contributed by atoms with Gasteiger partial charge >= 0.3 is 13.3 Å². The van der Waals surface area contributed by atoms with E-state index in [1.54, 1.807) is 32.4 Å². The van der Waals surface area contributed by atoms with Crippen LogP contribution in [0, 0.1) is 0 Å².